The van der Waals surface area contributed by atoms with E-state index in [1.807, 2.05) is 11.9 Å². The summed E-state index contributed by atoms with van der Waals surface area (Å²) in [6, 6.07) is 7.01. The second kappa shape index (κ2) is 7.83. The van der Waals surface area contributed by atoms with Gasteiger partial charge < -0.3 is 19.7 Å². The lowest BCUT2D eigenvalue weighted by atomic mass is 10.2. The lowest BCUT2D eigenvalue weighted by Crippen LogP contribution is -2.21. The summed E-state index contributed by atoms with van der Waals surface area (Å²) in [7, 11) is 1.96. The number of carbonyl (C=O) groups is 1. The van der Waals surface area contributed by atoms with E-state index in [1.165, 1.54) is 6.33 Å². The van der Waals surface area contributed by atoms with Crippen LogP contribution >= 0.6 is 0 Å². The van der Waals surface area contributed by atoms with Crippen molar-refractivity contribution in [2.24, 2.45) is 0 Å². The van der Waals surface area contributed by atoms with E-state index >= 15 is 0 Å². The molecule has 0 saturated heterocycles. The van der Waals surface area contributed by atoms with Gasteiger partial charge in [0.05, 0.1) is 0 Å². The summed E-state index contributed by atoms with van der Waals surface area (Å²) in [5.74, 6) is 1.76. The van der Waals surface area contributed by atoms with Gasteiger partial charge in [-0.25, -0.2) is 9.97 Å². The van der Waals surface area contributed by atoms with Crippen LogP contribution in [0.25, 0.3) is 0 Å². The Labute approximate surface area is 147 Å². The summed E-state index contributed by atoms with van der Waals surface area (Å²) in [4.78, 5) is 22.8. The number of unbranched alkanes of at least 4 members (excludes halogenated alkanes) is 1. The molecule has 1 aromatic heterocycles. The van der Waals surface area contributed by atoms with Crippen molar-refractivity contribution in [3.05, 3.63) is 36.3 Å². The smallest absolute Gasteiger partial charge is 0.274 e. The summed E-state index contributed by atoms with van der Waals surface area (Å²) in [5, 5.41) is 2.83. The van der Waals surface area contributed by atoms with Crippen LogP contribution in [0.5, 0.6) is 11.5 Å². The molecule has 2 heterocycles. The van der Waals surface area contributed by atoms with Gasteiger partial charge in [-0.05, 0) is 18.6 Å². The summed E-state index contributed by atoms with van der Waals surface area (Å²) < 4.78 is 11.0. The number of amides is 1. The molecule has 25 heavy (non-hydrogen) atoms. The molecule has 0 saturated carbocycles. The van der Waals surface area contributed by atoms with Gasteiger partial charge in [0.25, 0.3) is 5.91 Å². The van der Waals surface area contributed by atoms with E-state index in [2.05, 4.69) is 22.2 Å². The third-order valence-electron chi connectivity index (χ3n) is 3.92. The maximum absolute atomic E-state index is 12.5. The topological polar surface area (TPSA) is 76.6 Å². The Morgan fingerprint density at radius 2 is 2.00 bits per heavy atom. The predicted molar refractivity (Wildman–Crippen MR) is 95.6 cm³/mol. The van der Waals surface area contributed by atoms with Crippen LogP contribution in [0.2, 0.25) is 0 Å². The highest BCUT2D eigenvalue weighted by atomic mass is 16.6. The minimum Gasteiger partial charge on any atom is -0.486 e. The monoisotopic (exact) mass is 342 g/mol. The fourth-order valence-electron chi connectivity index (χ4n) is 2.51. The minimum absolute atomic E-state index is 0.288. The fourth-order valence-corrected chi connectivity index (χ4v) is 2.51. The van der Waals surface area contributed by atoms with Crippen LogP contribution in [0.4, 0.5) is 11.5 Å². The second-order valence-electron chi connectivity index (χ2n) is 5.85. The van der Waals surface area contributed by atoms with Crippen molar-refractivity contribution in [2.75, 3.05) is 37.0 Å². The highest BCUT2D eigenvalue weighted by Gasteiger charge is 2.15. The molecule has 1 aliphatic rings. The molecule has 7 heteroatoms. The molecule has 7 nitrogen and oxygen atoms in total. The van der Waals surface area contributed by atoms with E-state index in [9.17, 15) is 4.79 Å². The highest BCUT2D eigenvalue weighted by molar-refractivity contribution is 6.03. The number of anilines is 2. The lowest BCUT2D eigenvalue weighted by Gasteiger charge is -2.19. The first-order chi connectivity index (χ1) is 12.2. The molecule has 0 atom stereocenters. The van der Waals surface area contributed by atoms with E-state index in [0.717, 1.165) is 25.2 Å². The Bertz CT molecular complexity index is 751. The summed E-state index contributed by atoms with van der Waals surface area (Å²) in [5.41, 5.74) is 0.956. The van der Waals surface area contributed by atoms with E-state index in [-0.39, 0.29) is 5.91 Å². The lowest BCUT2D eigenvalue weighted by molar-refractivity contribution is 0.102. The van der Waals surface area contributed by atoms with Crippen LogP contribution in [0, 0.1) is 0 Å². The first-order valence-corrected chi connectivity index (χ1v) is 8.41. The molecule has 3 rings (SSSR count). The van der Waals surface area contributed by atoms with E-state index < -0.39 is 0 Å². The molecule has 0 aliphatic carbocycles. The van der Waals surface area contributed by atoms with Crippen molar-refractivity contribution < 1.29 is 14.3 Å². The first kappa shape index (κ1) is 17.0. The number of fused-ring (bicyclic) bond motifs is 1. The molecule has 1 aliphatic heterocycles. The van der Waals surface area contributed by atoms with Gasteiger partial charge in [0.15, 0.2) is 11.5 Å². The molecule has 1 amide bonds. The molecule has 1 aromatic carbocycles. The minimum atomic E-state index is -0.288. The zero-order chi connectivity index (χ0) is 17.6. The van der Waals surface area contributed by atoms with Crippen molar-refractivity contribution in [3.8, 4) is 11.5 Å². The SMILES string of the molecule is CCCCN(C)c1cc(C(=O)Nc2ccc3c(c2)OCCO3)ncn1. The van der Waals surface area contributed by atoms with E-state index in [4.69, 9.17) is 9.47 Å². The number of nitrogens with zero attached hydrogens (tertiary/aromatic N) is 3. The number of benzene rings is 1. The quantitative estimate of drug-likeness (QED) is 0.870. The van der Waals surface area contributed by atoms with Gasteiger partial charge in [-0.3, -0.25) is 4.79 Å². The van der Waals surface area contributed by atoms with Crippen LogP contribution in [0.3, 0.4) is 0 Å². The van der Waals surface area contributed by atoms with Crippen LogP contribution in [-0.2, 0) is 0 Å². The standard InChI is InChI=1S/C18H22N4O3/c1-3-4-7-22(2)17-11-14(19-12-20-17)18(23)21-13-5-6-15-16(10-13)25-9-8-24-15/h5-6,10-12H,3-4,7-9H2,1-2H3,(H,21,23). The van der Waals surface area contributed by atoms with Gasteiger partial charge in [0.2, 0.25) is 0 Å². The molecular weight excluding hydrogens is 320 g/mol. The molecule has 0 radical (unpaired) electrons. The zero-order valence-corrected chi connectivity index (χ0v) is 14.5. The Morgan fingerprint density at radius 1 is 1.20 bits per heavy atom. The number of nitrogens with one attached hydrogen (secondary N) is 1. The molecule has 0 unspecified atom stereocenters. The number of hydrogen-bond acceptors (Lipinski definition) is 6. The molecular formula is C18H22N4O3. The average Bonchev–Trinajstić information content (AvgIpc) is 2.66. The van der Waals surface area contributed by atoms with Crippen LogP contribution in [0.1, 0.15) is 30.3 Å². The largest absolute Gasteiger partial charge is 0.486 e. The van der Waals surface area contributed by atoms with Gasteiger partial charge in [0, 0.05) is 31.4 Å². The zero-order valence-electron chi connectivity index (χ0n) is 14.5. The summed E-state index contributed by atoms with van der Waals surface area (Å²) in [6.07, 6.45) is 3.59. The van der Waals surface area contributed by atoms with Crippen LogP contribution in [-0.4, -0.2) is 42.7 Å². The molecule has 2 aromatic rings. The van der Waals surface area contributed by atoms with Crippen LogP contribution in [0.15, 0.2) is 30.6 Å². The van der Waals surface area contributed by atoms with Gasteiger partial charge in [-0.15, -0.1) is 0 Å². The van der Waals surface area contributed by atoms with Gasteiger partial charge in [-0.1, -0.05) is 13.3 Å². The molecule has 0 fully saturated rings. The molecule has 0 bridgehead atoms. The highest BCUT2D eigenvalue weighted by Crippen LogP contribution is 2.32. The number of aromatic nitrogens is 2. The third-order valence-corrected chi connectivity index (χ3v) is 3.92. The van der Waals surface area contributed by atoms with E-state index in [0.29, 0.717) is 36.1 Å². The maximum atomic E-state index is 12.5. The summed E-state index contributed by atoms with van der Waals surface area (Å²) >= 11 is 0. The second-order valence-corrected chi connectivity index (χ2v) is 5.85. The number of rotatable bonds is 6. The van der Waals surface area contributed by atoms with Crippen molar-refractivity contribution >= 4 is 17.4 Å². The average molecular weight is 342 g/mol. The molecule has 132 valence electrons. The Hall–Kier alpha value is -2.83. The summed E-state index contributed by atoms with van der Waals surface area (Å²) in [6.45, 7) is 4.06. The van der Waals surface area contributed by atoms with Gasteiger partial charge in [-0.2, -0.15) is 0 Å². The number of carbonyl (C=O) groups excluding carboxylic acids is 1. The first-order valence-electron chi connectivity index (χ1n) is 8.41. The number of ether oxygens (including phenoxy) is 2. The van der Waals surface area contributed by atoms with Gasteiger partial charge >= 0.3 is 0 Å². The third kappa shape index (κ3) is 4.17. The van der Waals surface area contributed by atoms with E-state index in [1.54, 1.807) is 24.3 Å². The molecule has 1 N–H and O–H groups in total. The Morgan fingerprint density at radius 3 is 2.80 bits per heavy atom. The Kier molecular flexibility index (Phi) is 5.33. The van der Waals surface area contributed by atoms with Crippen molar-refractivity contribution in [1.29, 1.82) is 0 Å². The maximum Gasteiger partial charge on any atom is 0.274 e. The molecule has 0 spiro atoms. The predicted octanol–water partition coefficient (Wildman–Crippen LogP) is 2.74. The van der Waals surface area contributed by atoms with Gasteiger partial charge in [0.1, 0.15) is 31.1 Å². The fraction of sp³-hybridized carbons (Fsp3) is 0.389. The normalized spacial score (nSPS) is 12.6. The Balaban J connectivity index is 1.71. The van der Waals surface area contributed by atoms with Crippen molar-refractivity contribution in [2.45, 2.75) is 19.8 Å². The van der Waals surface area contributed by atoms with Crippen molar-refractivity contribution in [3.63, 3.8) is 0 Å². The van der Waals surface area contributed by atoms with Crippen LogP contribution < -0.4 is 19.7 Å². The number of hydrogen-bond donors (Lipinski definition) is 1. The van der Waals surface area contributed by atoms with Crippen molar-refractivity contribution in [1.82, 2.24) is 9.97 Å².